The predicted molar refractivity (Wildman–Crippen MR) is 157 cm³/mol. The van der Waals surface area contributed by atoms with Gasteiger partial charge in [0.1, 0.15) is 30.1 Å². The van der Waals surface area contributed by atoms with Gasteiger partial charge in [0.15, 0.2) is 0 Å². The molecule has 1 spiro atoms. The number of piperidine rings is 2. The Bertz CT molecular complexity index is 1640. The number of hydrogen-bond donors (Lipinski definition) is 2. The first-order valence-corrected chi connectivity index (χ1v) is 16.2. The van der Waals surface area contributed by atoms with E-state index in [0.29, 0.717) is 18.8 Å². The fourth-order valence-corrected chi connectivity index (χ4v) is 6.47. The van der Waals surface area contributed by atoms with Crippen LogP contribution in [0.4, 0.5) is 45.0 Å². The van der Waals surface area contributed by atoms with E-state index in [4.69, 9.17) is 0 Å². The van der Waals surface area contributed by atoms with Crippen LogP contribution in [0, 0.1) is 16.7 Å². The van der Waals surface area contributed by atoms with Gasteiger partial charge in [-0.15, -0.1) is 0 Å². The fraction of sp³-hybridized carbons (Fsp3) is 0.517. The largest absolute Gasteiger partial charge is 0.490 e. The summed E-state index contributed by atoms with van der Waals surface area (Å²) in [7, 11) is -4.24. The molecule has 2 N–H and O–H groups in total. The number of ether oxygens (including phenoxy) is 1. The third-order valence-electron chi connectivity index (χ3n) is 8.49. The lowest BCUT2D eigenvalue weighted by Gasteiger charge is -2.35. The van der Waals surface area contributed by atoms with Crippen molar-refractivity contribution in [1.82, 2.24) is 4.98 Å². The molecule has 3 aliphatic rings. The van der Waals surface area contributed by atoms with E-state index in [2.05, 4.69) is 19.8 Å². The molecule has 1 saturated carbocycles. The molecule has 5 rings (SSSR count). The van der Waals surface area contributed by atoms with Gasteiger partial charge in [0.05, 0.1) is 22.5 Å². The summed E-state index contributed by atoms with van der Waals surface area (Å²) in [5.74, 6) is -6.58. The van der Waals surface area contributed by atoms with Crippen LogP contribution in [0.2, 0.25) is 0 Å². The number of pyridine rings is 1. The molecule has 0 radical (unpaired) electrons. The van der Waals surface area contributed by atoms with E-state index in [-0.39, 0.29) is 47.0 Å². The molecule has 1 amide bonds. The summed E-state index contributed by atoms with van der Waals surface area (Å²) in [4.78, 5) is 32.4. The topological polar surface area (TPSA) is 145 Å². The molecule has 17 heteroatoms. The summed E-state index contributed by atoms with van der Waals surface area (Å²) in [6, 6.07) is 9.02. The van der Waals surface area contributed by atoms with Gasteiger partial charge in [-0.2, -0.15) is 18.4 Å². The average Bonchev–Trinajstić information content (AvgIpc) is 3.75. The molecular formula is C29H31F5N6O5S. The first kappa shape index (κ1) is 33.2. The van der Waals surface area contributed by atoms with Crippen LogP contribution in [0.1, 0.15) is 54.4 Å². The molecule has 3 heterocycles. The maximum Gasteiger partial charge on any atom is 0.490 e. The lowest BCUT2D eigenvalue weighted by molar-refractivity contribution is -0.199. The highest BCUT2D eigenvalue weighted by Gasteiger charge is 2.45. The zero-order chi connectivity index (χ0) is 33.3. The Hall–Kier alpha value is -4.20. The summed E-state index contributed by atoms with van der Waals surface area (Å²) in [5, 5.41) is 12.3. The molecule has 2 aromatic rings. The summed E-state index contributed by atoms with van der Waals surface area (Å²) >= 11 is 0. The second kappa shape index (κ2) is 12.5. The van der Waals surface area contributed by atoms with Crippen molar-refractivity contribution in [2.75, 3.05) is 58.4 Å². The number of halogens is 5. The van der Waals surface area contributed by atoms with Gasteiger partial charge in [0.2, 0.25) is 10.0 Å². The molecule has 1 aliphatic carbocycles. The van der Waals surface area contributed by atoms with Gasteiger partial charge in [-0.25, -0.2) is 27.0 Å². The molecule has 2 aliphatic heterocycles. The number of sulfonamides is 1. The Balaban J connectivity index is 1.35. The van der Waals surface area contributed by atoms with E-state index in [1.807, 2.05) is 11.0 Å². The SMILES string of the molecule is N#Cc1ccc(NC(=O)c2ccc(NS(=O)(=O)CCOC(=O)C(F)(F)F)cc2N2CCC3(CC2)CC3)nc1N1CCC(F)(F)CC1. The predicted octanol–water partition coefficient (Wildman–Crippen LogP) is 4.67. The highest BCUT2D eigenvalue weighted by Crippen LogP contribution is 2.54. The van der Waals surface area contributed by atoms with Gasteiger partial charge in [-0.3, -0.25) is 9.52 Å². The Morgan fingerprint density at radius 3 is 2.24 bits per heavy atom. The number of rotatable bonds is 9. The molecule has 3 fully saturated rings. The normalized spacial score (nSPS) is 18.9. The highest BCUT2D eigenvalue weighted by atomic mass is 32.2. The molecular weight excluding hydrogens is 639 g/mol. The van der Waals surface area contributed by atoms with Crippen LogP contribution in [0.15, 0.2) is 30.3 Å². The number of anilines is 4. The number of alkyl halides is 5. The van der Waals surface area contributed by atoms with Crippen LogP contribution in [0.25, 0.3) is 0 Å². The Kier molecular flexibility index (Phi) is 9.04. The molecule has 0 unspecified atom stereocenters. The second-order valence-corrected chi connectivity index (χ2v) is 13.6. The summed E-state index contributed by atoms with van der Waals surface area (Å²) in [6.07, 6.45) is -2.05. The van der Waals surface area contributed by atoms with Crippen molar-refractivity contribution in [1.29, 1.82) is 5.26 Å². The van der Waals surface area contributed by atoms with Crippen LogP contribution in [0.3, 0.4) is 0 Å². The highest BCUT2D eigenvalue weighted by molar-refractivity contribution is 7.92. The monoisotopic (exact) mass is 670 g/mol. The number of nitrogens with one attached hydrogen (secondary N) is 2. The summed E-state index contributed by atoms with van der Waals surface area (Å²) in [5.41, 5.74) is 1.08. The van der Waals surface area contributed by atoms with Crippen molar-refractivity contribution in [2.24, 2.45) is 5.41 Å². The van der Waals surface area contributed by atoms with Crippen molar-refractivity contribution < 1.29 is 44.7 Å². The fourth-order valence-electron chi connectivity index (χ4n) is 5.58. The van der Waals surface area contributed by atoms with Gasteiger partial charge in [0, 0.05) is 39.0 Å². The van der Waals surface area contributed by atoms with Crippen LogP contribution in [0.5, 0.6) is 0 Å². The molecule has 2 saturated heterocycles. The Labute approximate surface area is 261 Å². The van der Waals surface area contributed by atoms with E-state index in [1.54, 1.807) is 4.90 Å². The molecule has 11 nitrogen and oxygen atoms in total. The number of hydrogen-bond acceptors (Lipinski definition) is 9. The van der Waals surface area contributed by atoms with Crippen LogP contribution in [-0.2, 0) is 19.6 Å². The van der Waals surface area contributed by atoms with Gasteiger partial charge >= 0.3 is 12.1 Å². The molecule has 1 aromatic carbocycles. The van der Waals surface area contributed by atoms with Crippen LogP contribution < -0.4 is 19.8 Å². The van der Waals surface area contributed by atoms with Gasteiger partial charge in [0.25, 0.3) is 11.8 Å². The summed E-state index contributed by atoms with van der Waals surface area (Å²) in [6.45, 7) is 0.143. The molecule has 1 aromatic heterocycles. The number of aromatic nitrogens is 1. The number of benzene rings is 1. The number of amides is 1. The van der Waals surface area contributed by atoms with Crippen molar-refractivity contribution in [3.8, 4) is 6.07 Å². The molecule has 46 heavy (non-hydrogen) atoms. The lowest BCUT2D eigenvalue weighted by atomic mass is 9.93. The van der Waals surface area contributed by atoms with Gasteiger partial charge in [-0.1, -0.05) is 0 Å². The number of nitrogens with zero attached hydrogens (tertiary/aromatic N) is 4. The number of esters is 1. The first-order valence-electron chi connectivity index (χ1n) is 14.6. The maximum absolute atomic E-state index is 13.7. The smallest absolute Gasteiger partial charge is 0.458 e. The van der Waals surface area contributed by atoms with Crippen molar-refractivity contribution in [3.05, 3.63) is 41.5 Å². The average molecular weight is 671 g/mol. The Morgan fingerprint density at radius 2 is 1.63 bits per heavy atom. The van der Waals surface area contributed by atoms with E-state index >= 15 is 0 Å². The zero-order valence-electron chi connectivity index (χ0n) is 24.5. The van der Waals surface area contributed by atoms with E-state index in [0.717, 1.165) is 25.7 Å². The minimum Gasteiger partial charge on any atom is -0.458 e. The molecule has 0 atom stereocenters. The third-order valence-corrected chi connectivity index (χ3v) is 9.74. The minimum absolute atomic E-state index is 0.0190. The standard InChI is InChI=1S/C29H31F5N6O5S/c30-28(31)9-13-40(14-10-28)24-19(18-35)1-4-23(36-24)37-25(41)21-3-2-20(17-22(21)39-11-7-27(5-6-27)8-12-39)38-46(43,44)16-15-45-26(42)29(32,33)34/h1-4,17,38H,5-16H2,(H,36,37,41). The second-order valence-electron chi connectivity index (χ2n) is 11.8. The van der Waals surface area contributed by atoms with E-state index in [9.17, 15) is 45.2 Å². The van der Waals surface area contributed by atoms with E-state index < -0.39 is 59.2 Å². The maximum atomic E-state index is 13.7. The van der Waals surface area contributed by atoms with E-state index in [1.165, 1.54) is 30.3 Å². The Morgan fingerprint density at radius 1 is 0.978 bits per heavy atom. The van der Waals surface area contributed by atoms with Crippen molar-refractivity contribution >= 4 is 44.9 Å². The van der Waals surface area contributed by atoms with Crippen LogP contribution in [-0.4, -0.2) is 75.9 Å². The van der Waals surface area contributed by atoms with Crippen LogP contribution >= 0.6 is 0 Å². The number of carbonyl (C=O) groups is 2. The third kappa shape index (κ3) is 7.95. The summed E-state index contributed by atoms with van der Waals surface area (Å²) < 4.78 is 96.0. The minimum atomic E-state index is -5.25. The first-order chi connectivity index (χ1) is 21.6. The van der Waals surface area contributed by atoms with Gasteiger partial charge < -0.3 is 19.9 Å². The molecule has 248 valence electrons. The molecule has 0 bridgehead atoms. The van der Waals surface area contributed by atoms with Crippen molar-refractivity contribution in [3.63, 3.8) is 0 Å². The lowest BCUT2D eigenvalue weighted by Crippen LogP contribution is -2.40. The zero-order valence-corrected chi connectivity index (χ0v) is 25.3. The van der Waals surface area contributed by atoms with Gasteiger partial charge in [-0.05, 0) is 61.4 Å². The quantitative estimate of drug-likeness (QED) is 0.287. The number of nitriles is 1. The van der Waals surface area contributed by atoms with Crippen molar-refractivity contribution in [2.45, 2.75) is 50.6 Å². The number of carbonyl (C=O) groups excluding carboxylic acids is 2.